The van der Waals surface area contributed by atoms with Crippen LogP contribution in [0, 0.1) is 11.8 Å². The first-order chi connectivity index (χ1) is 6.91. The third-order valence-electron chi connectivity index (χ3n) is 2.56. The fourth-order valence-electron chi connectivity index (χ4n) is 1.80. The van der Waals surface area contributed by atoms with Crippen LogP contribution in [0.4, 0.5) is 0 Å². The van der Waals surface area contributed by atoms with Crippen molar-refractivity contribution >= 4 is 7.32 Å². The molecule has 0 radical (unpaired) electrons. The first-order valence-corrected chi connectivity index (χ1v) is 5.88. The third kappa shape index (κ3) is 3.47. The van der Waals surface area contributed by atoms with E-state index >= 15 is 0 Å². The van der Waals surface area contributed by atoms with E-state index in [0.717, 1.165) is 0 Å². The molecule has 1 aliphatic heterocycles. The second-order valence-electron chi connectivity index (χ2n) is 5.16. The summed E-state index contributed by atoms with van der Waals surface area (Å²) in [5.74, 6) is 0.913. The molecule has 1 heterocycles. The molecule has 88 valence electrons. The maximum Gasteiger partial charge on any atom is 0.640 e. The number of rotatable bonds is 4. The zero-order chi connectivity index (χ0) is 11.6. The van der Waals surface area contributed by atoms with Gasteiger partial charge in [0.05, 0.1) is 12.2 Å². The van der Waals surface area contributed by atoms with E-state index in [2.05, 4.69) is 27.7 Å². The lowest BCUT2D eigenvalue weighted by Gasteiger charge is -2.24. The van der Waals surface area contributed by atoms with Crippen molar-refractivity contribution < 1.29 is 14.0 Å². The molecule has 0 aliphatic carbocycles. The van der Waals surface area contributed by atoms with Crippen LogP contribution in [0.1, 0.15) is 41.5 Å². The van der Waals surface area contributed by atoms with Gasteiger partial charge in [-0.25, -0.2) is 0 Å². The Hall–Kier alpha value is -0.0551. The maximum absolute atomic E-state index is 5.76. The van der Waals surface area contributed by atoms with Crippen LogP contribution in [-0.2, 0) is 14.0 Å². The molecule has 1 fully saturated rings. The van der Waals surface area contributed by atoms with E-state index in [1.807, 2.05) is 13.8 Å². The Balaban J connectivity index is 2.57. The van der Waals surface area contributed by atoms with E-state index in [4.69, 9.17) is 14.0 Å². The minimum atomic E-state index is -0.482. The van der Waals surface area contributed by atoms with Gasteiger partial charge in [-0.3, -0.25) is 0 Å². The van der Waals surface area contributed by atoms with Crippen LogP contribution >= 0.6 is 0 Å². The quantitative estimate of drug-likeness (QED) is 0.673. The van der Waals surface area contributed by atoms with Gasteiger partial charge in [-0.15, -0.1) is 0 Å². The topological polar surface area (TPSA) is 27.7 Å². The molecular weight excluding hydrogens is 191 g/mol. The Bertz CT molecular complexity index is 178. The van der Waals surface area contributed by atoms with Crippen molar-refractivity contribution in [1.29, 1.82) is 0 Å². The van der Waals surface area contributed by atoms with Gasteiger partial charge in [0.15, 0.2) is 0 Å². The number of hydrogen-bond donors (Lipinski definition) is 0. The zero-order valence-electron chi connectivity index (χ0n) is 10.7. The van der Waals surface area contributed by atoms with Gasteiger partial charge in [0, 0.05) is 6.10 Å². The van der Waals surface area contributed by atoms with Crippen molar-refractivity contribution in [3.8, 4) is 0 Å². The molecule has 0 aromatic rings. The summed E-state index contributed by atoms with van der Waals surface area (Å²) in [6, 6.07) is 0. The summed E-state index contributed by atoms with van der Waals surface area (Å²) in [4.78, 5) is 0. The summed E-state index contributed by atoms with van der Waals surface area (Å²) in [5, 5.41) is 0. The van der Waals surface area contributed by atoms with E-state index in [0.29, 0.717) is 11.8 Å². The molecule has 0 spiro atoms. The molecule has 1 aliphatic rings. The second kappa shape index (κ2) is 5.33. The van der Waals surface area contributed by atoms with Crippen molar-refractivity contribution in [2.75, 3.05) is 0 Å². The molecule has 15 heavy (non-hydrogen) atoms. The molecule has 0 amide bonds. The molecule has 0 saturated carbocycles. The Morgan fingerprint density at radius 3 is 1.53 bits per heavy atom. The first kappa shape index (κ1) is 13.0. The summed E-state index contributed by atoms with van der Waals surface area (Å²) in [6.45, 7) is 12.6. The monoisotopic (exact) mass is 214 g/mol. The lowest BCUT2D eigenvalue weighted by atomic mass is 9.94. The Morgan fingerprint density at radius 1 is 0.867 bits per heavy atom. The summed E-state index contributed by atoms with van der Waals surface area (Å²) in [7, 11) is -0.482. The van der Waals surface area contributed by atoms with Crippen LogP contribution in [0.25, 0.3) is 0 Å². The molecular formula is C11H23BO3. The molecule has 0 aromatic heterocycles. The zero-order valence-corrected chi connectivity index (χ0v) is 10.7. The van der Waals surface area contributed by atoms with Crippen LogP contribution < -0.4 is 0 Å². The van der Waals surface area contributed by atoms with E-state index < -0.39 is 7.32 Å². The van der Waals surface area contributed by atoms with E-state index in [1.54, 1.807) is 0 Å². The first-order valence-electron chi connectivity index (χ1n) is 5.88. The van der Waals surface area contributed by atoms with Gasteiger partial charge in [0.25, 0.3) is 0 Å². The molecule has 2 unspecified atom stereocenters. The van der Waals surface area contributed by atoms with Gasteiger partial charge in [-0.1, -0.05) is 27.7 Å². The van der Waals surface area contributed by atoms with E-state index in [9.17, 15) is 0 Å². The normalized spacial score (nSPS) is 27.4. The average molecular weight is 214 g/mol. The average Bonchev–Trinajstić information content (AvgIpc) is 2.46. The molecule has 0 N–H and O–H groups in total. The van der Waals surface area contributed by atoms with Gasteiger partial charge in [-0.2, -0.15) is 0 Å². The Labute approximate surface area is 93.7 Å². The van der Waals surface area contributed by atoms with E-state index in [-0.39, 0.29) is 18.3 Å². The van der Waals surface area contributed by atoms with Gasteiger partial charge in [0.1, 0.15) is 0 Å². The fraction of sp³-hybridized carbons (Fsp3) is 1.00. The predicted molar refractivity (Wildman–Crippen MR) is 61.4 cm³/mol. The van der Waals surface area contributed by atoms with Gasteiger partial charge in [-0.05, 0) is 25.7 Å². The fourth-order valence-corrected chi connectivity index (χ4v) is 1.80. The van der Waals surface area contributed by atoms with Crippen LogP contribution in [0.5, 0.6) is 0 Å². The minimum Gasteiger partial charge on any atom is -0.384 e. The lowest BCUT2D eigenvalue weighted by Crippen LogP contribution is -2.31. The highest BCUT2D eigenvalue weighted by atomic mass is 16.8. The summed E-state index contributed by atoms with van der Waals surface area (Å²) in [5.41, 5.74) is 0. The third-order valence-corrected chi connectivity index (χ3v) is 2.56. The van der Waals surface area contributed by atoms with Crippen molar-refractivity contribution in [3.05, 3.63) is 0 Å². The second-order valence-corrected chi connectivity index (χ2v) is 5.16. The Morgan fingerprint density at radius 2 is 1.27 bits per heavy atom. The molecule has 0 aromatic carbocycles. The van der Waals surface area contributed by atoms with Crippen molar-refractivity contribution in [2.45, 2.75) is 59.9 Å². The van der Waals surface area contributed by atoms with Gasteiger partial charge < -0.3 is 14.0 Å². The summed E-state index contributed by atoms with van der Waals surface area (Å²) >= 11 is 0. The molecule has 1 rings (SSSR count). The van der Waals surface area contributed by atoms with Crippen molar-refractivity contribution in [3.63, 3.8) is 0 Å². The van der Waals surface area contributed by atoms with E-state index in [1.165, 1.54) is 0 Å². The minimum absolute atomic E-state index is 0.133. The van der Waals surface area contributed by atoms with Crippen LogP contribution in [-0.4, -0.2) is 25.6 Å². The van der Waals surface area contributed by atoms with Gasteiger partial charge in [0.2, 0.25) is 0 Å². The molecule has 2 atom stereocenters. The smallest absolute Gasteiger partial charge is 0.384 e. The van der Waals surface area contributed by atoms with Crippen LogP contribution in [0.2, 0.25) is 0 Å². The summed E-state index contributed by atoms with van der Waals surface area (Å²) in [6.07, 6.45) is 0.427. The Kier molecular flexibility index (Phi) is 4.62. The van der Waals surface area contributed by atoms with Crippen LogP contribution in [0.3, 0.4) is 0 Å². The standard InChI is InChI=1S/C11H23BO3/c1-7(2)10-11(8(3)4)15-12(14-10)13-9(5)6/h7-11H,1-6H3. The molecule has 3 nitrogen and oxygen atoms in total. The van der Waals surface area contributed by atoms with Crippen molar-refractivity contribution in [2.24, 2.45) is 11.8 Å². The maximum atomic E-state index is 5.76. The number of hydrogen-bond acceptors (Lipinski definition) is 3. The highest BCUT2D eigenvalue weighted by Crippen LogP contribution is 2.28. The largest absolute Gasteiger partial charge is 0.640 e. The highest BCUT2D eigenvalue weighted by Gasteiger charge is 2.44. The summed E-state index contributed by atoms with van der Waals surface area (Å²) < 4.78 is 17.1. The van der Waals surface area contributed by atoms with Gasteiger partial charge >= 0.3 is 7.32 Å². The predicted octanol–water partition coefficient (Wildman–Crippen LogP) is 2.49. The molecule has 0 bridgehead atoms. The SMILES string of the molecule is CC(C)OB1OC(C(C)C)C(C(C)C)O1. The highest BCUT2D eigenvalue weighted by molar-refractivity contribution is 6.37. The molecule has 4 heteroatoms. The molecule has 1 saturated heterocycles. The van der Waals surface area contributed by atoms with Crippen LogP contribution in [0.15, 0.2) is 0 Å². The lowest BCUT2D eigenvalue weighted by molar-refractivity contribution is 0.0815. The van der Waals surface area contributed by atoms with Crippen molar-refractivity contribution in [1.82, 2.24) is 0 Å².